The smallest absolute Gasteiger partial charge is 0.338 e. The summed E-state index contributed by atoms with van der Waals surface area (Å²) in [4.78, 5) is 34.1. The molecule has 0 aliphatic carbocycles. The molecule has 0 bridgehead atoms. The minimum Gasteiger partial charge on any atom is -0.497 e. The van der Waals surface area contributed by atoms with E-state index in [1.165, 1.54) is 0 Å². The third-order valence-corrected chi connectivity index (χ3v) is 6.73. The topological polar surface area (TPSA) is 129 Å². The van der Waals surface area contributed by atoms with E-state index in [1.807, 2.05) is 30.3 Å². The Hall–Kier alpha value is -5.10. The predicted molar refractivity (Wildman–Crippen MR) is 145 cm³/mol. The molecular formula is C30H27N5O4. The summed E-state index contributed by atoms with van der Waals surface area (Å²) < 4.78 is 11.3. The highest BCUT2D eigenvalue weighted by atomic mass is 16.5. The van der Waals surface area contributed by atoms with Gasteiger partial charge in [0.05, 0.1) is 30.4 Å². The fourth-order valence-corrected chi connectivity index (χ4v) is 4.76. The van der Waals surface area contributed by atoms with Crippen molar-refractivity contribution in [3.05, 3.63) is 107 Å². The molecule has 2 aromatic heterocycles. The Balaban J connectivity index is 1.52. The molecule has 196 valence electrons. The van der Waals surface area contributed by atoms with E-state index in [-0.39, 0.29) is 0 Å². The number of amides is 2. The second-order valence-electron chi connectivity index (χ2n) is 9.20. The van der Waals surface area contributed by atoms with Crippen LogP contribution in [0.4, 0.5) is 4.79 Å². The molecule has 1 aliphatic rings. The van der Waals surface area contributed by atoms with Crippen LogP contribution in [0.1, 0.15) is 47.7 Å². The van der Waals surface area contributed by atoms with Gasteiger partial charge in [0, 0.05) is 29.0 Å². The molecule has 39 heavy (non-hydrogen) atoms. The first kappa shape index (κ1) is 25.5. The summed E-state index contributed by atoms with van der Waals surface area (Å²) in [6.45, 7) is 1.75. The van der Waals surface area contributed by atoms with E-state index in [1.54, 1.807) is 56.8 Å². The lowest BCUT2D eigenvalue weighted by atomic mass is 9.93. The van der Waals surface area contributed by atoms with Crippen molar-refractivity contribution >= 4 is 23.0 Å². The number of fused-ring (bicyclic) bond motifs is 1. The van der Waals surface area contributed by atoms with Gasteiger partial charge in [0.25, 0.3) is 0 Å². The monoisotopic (exact) mass is 521 g/mol. The van der Waals surface area contributed by atoms with Crippen molar-refractivity contribution < 1.29 is 19.1 Å². The zero-order valence-electron chi connectivity index (χ0n) is 21.5. The standard InChI is InChI=1S/C30H27N5O4/c1-18(21-8-3-7-20(14-21)16-31)39-29(36)26-25(12-11-19-6-4-9-22(15-19)38-2)34-30(37)35-27(26)24-17-33-28-23(24)10-5-13-32-28/h3-10,13-15,17-18,27H,11-12H2,1-2H3,(H,32,33)(H2,34,35,37). The summed E-state index contributed by atoms with van der Waals surface area (Å²) in [5.41, 5.74) is 4.31. The maximum Gasteiger partial charge on any atom is 0.338 e. The van der Waals surface area contributed by atoms with Gasteiger partial charge in [-0.05, 0) is 67.3 Å². The van der Waals surface area contributed by atoms with E-state index in [4.69, 9.17) is 9.47 Å². The molecule has 9 nitrogen and oxygen atoms in total. The van der Waals surface area contributed by atoms with Gasteiger partial charge in [-0.1, -0.05) is 24.3 Å². The van der Waals surface area contributed by atoms with E-state index in [2.05, 4.69) is 26.7 Å². The highest BCUT2D eigenvalue weighted by Gasteiger charge is 2.35. The molecule has 4 aromatic rings. The fourth-order valence-electron chi connectivity index (χ4n) is 4.76. The molecule has 2 amide bonds. The van der Waals surface area contributed by atoms with Crippen molar-refractivity contribution in [2.24, 2.45) is 0 Å². The largest absolute Gasteiger partial charge is 0.497 e. The third-order valence-electron chi connectivity index (χ3n) is 6.73. The Labute approximate surface area is 225 Å². The number of nitrogens with zero attached hydrogens (tertiary/aromatic N) is 2. The van der Waals surface area contributed by atoms with Gasteiger partial charge in [0.1, 0.15) is 17.5 Å². The minimum atomic E-state index is -0.762. The van der Waals surface area contributed by atoms with Crippen LogP contribution in [0.25, 0.3) is 11.0 Å². The number of hydrogen-bond donors (Lipinski definition) is 3. The Kier molecular flexibility index (Phi) is 7.28. The third kappa shape index (κ3) is 5.45. The van der Waals surface area contributed by atoms with Crippen LogP contribution in [0.5, 0.6) is 5.75 Å². The molecule has 9 heteroatoms. The number of allylic oxidation sites excluding steroid dienone is 1. The average Bonchev–Trinajstić information content (AvgIpc) is 3.40. The predicted octanol–water partition coefficient (Wildman–Crippen LogP) is 4.99. The number of benzene rings is 2. The number of aromatic amines is 1. The van der Waals surface area contributed by atoms with Crippen molar-refractivity contribution in [3.63, 3.8) is 0 Å². The molecule has 3 heterocycles. The molecule has 0 spiro atoms. The molecule has 2 aromatic carbocycles. The lowest BCUT2D eigenvalue weighted by Gasteiger charge is -2.30. The van der Waals surface area contributed by atoms with Crippen molar-refractivity contribution in [3.8, 4) is 11.8 Å². The maximum atomic E-state index is 13.8. The zero-order chi connectivity index (χ0) is 27.4. The normalized spacial score (nSPS) is 15.7. The summed E-state index contributed by atoms with van der Waals surface area (Å²) in [6, 6.07) is 19.2. The van der Waals surface area contributed by atoms with E-state index < -0.39 is 24.1 Å². The SMILES string of the molecule is COc1cccc(CCC2=C(C(=O)OC(C)c3cccc(C#N)c3)C(c3c[nH]c4ncccc34)NC(=O)N2)c1. The van der Waals surface area contributed by atoms with Gasteiger partial charge in [0.2, 0.25) is 0 Å². The first-order valence-corrected chi connectivity index (χ1v) is 12.5. The molecule has 0 fully saturated rings. The molecule has 2 unspecified atom stereocenters. The van der Waals surface area contributed by atoms with Crippen LogP contribution in [0.2, 0.25) is 0 Å². The van der Waals surface area contributed by atoms with Crippen molar-refractivity contribution in [2.75, 3.05) is 7.11 Å². The van der Waals surface area contributed by atoms with Crippen LogP contribution in [-0.2, 0) is 16.0 Å². The number of esters is 1. The average molecular weight is 522 g/mol. The van der Waals surface area contributed by atoms with Gasteiger partial charge in [0.15, 0.2) is 0 Å². The number of aryl methyl sites for hydroxylation is 1. The van der Waals surface area contributed by atoms with E-state index in [0.717, 1.165) is 16.7 Å². The van der Waals surface area contributed by atoms with Gasteiger partial charge in [-0.15, -0.1) is 0 Å². The van der Waals surface area contributed by atoms with Gasteiger partial charge in [-0.3, -0.25) is 0 Å². The van der Waals surface area contributed by atoms with Crippen LogP contribution in [0, 0.1) is 11.3 Å². The lowest BCUT2D eigenvalue weighted by Crippen LogP contribution is -2.46. The first-order valence-electron chi connectivity index (χ1n) is 12.5. The summed E-state index contributed by atoms with van der Waals surface area (Å²) >= 11 is 0. The molecule has 3 N–H and O–H groups in total. The molecule has 0 saturated heterocycles. The lowest BCUT2D eigenvalue weighted by molar-refractivity contribution is -0.144. The maximum absolute atomic E-state index is 13.8. The van der Waals surface area contributed by atoms with Gasteiger partial charge in [-0.2, -0.15) is 5.26 Å². The molecular weight excluding hydrogens is 494 g/mol. The number of urea groups is 1. The number of rotatable bonds is 8. The van der Waals surface area contributed by atoms with Crippen LogP contribution < -0.4 is 15.4 Å². The zero-order valence-corrected chi connectivity index (χ0v) is 21.5. The summed E-state index contributed by atoms with van der Waals surface area (Å²) in [5.74, 6) is 0.161. The Bertz CT molecular complexity index is 1620. The Morgan fingerprint density at radius 2 is 1.97 bits per heavy atom. The summed E-state index contributed by atoms with van der Waals surface area (Å²) in [7, 11) is 1.61. The van der Waals surface area contributed by atoms with Gasteiger partial charge < -0.3 is 25.1 Å². The first-order chi connectivity index (χ1) is 19.0. The van der Waals surface area contributed by atoms with Crippen molar-refractivity contribution in [1.82, 2.24) is 20.6 Å². The second kappa shape index (κ2) is 11.1. The molecule has 1 aliphatic heterocycles. The van der Waals surface area contributed by atoms with Crippen LogP contribution in [0.15, 0.2) is 84.3 Å². The number of pyridine rings is 1. The number of methoxy groups -OCH3 is 1. The minimum absolute atomic E-state index is 0.311. The summed E-state index contributed by atoms with van der Waals surface area (Å²) in [6.07, 6.45) is 3.75. The van der Waals surface area contributed by atoms with Crippen LogP contribution in [0.3, 0.4) is 0 Å². The number of nitriles is 1. The Morgan fingerprint density at radius 3 is 2.79 bits per heavy atom. The quantitative estimate of drug-likeness (QED) is 0.280. The highest BCUT2D eigenvalue weighted by Crippen LogP contribution is 2.34. The number of aromatic nitrogens is 2. The summed E-state index contributed by atoms with van der Waals surface area (Å²) in [5, 5.41) is 15.8. The van der Waals surface area contributed by atoms with E-state index >= 15 is 0 Å². The number of H-pyrrole nitrogens is 1. The highest BCUT2D eigenvalue weighted by molar-refractivity contribution is 5.97. The number of carbonyl (C=O) groups is 2. The van der Waals surface area contributed by atoms with E-state index in [9.17, 15) is 14.9 Å². The van der Waals surface area contributed by atoms with Crippen molar-refractivity contribution in [1.29, 1.82) is 5.26 Å². The Morgan fingerprint density at radius 1 is 1.13 bits per heavy atom. The molecule has 0 radical (unpaired) electrons. The van der Waals surface area contributed by atoms with Crippen LogP contribution in [-0.4, -0.2) is 29.1 Å². The number of carbonyl (C=O) groups excluding carboxylic acids is 2. The molecule has 0 saturated carbocycles. The number of nitrogens with one attached hydrogen (secondary N) is 3. The van der Waals surface area contributed by atoms with Gasteiger partial charge >= 0.3 is 12.0 Å². The van der Waals surface area contributed by atoms with Gasteiger partial charge in [-0.25, -0.2) is 14.6 Å². The molecule has 5 rings (SSSR count). The number of hydrogen-bond acceptors (Lipinski definition) is 6. The van der Waals surface area contributed by atoms with Crippen LogP contribution >= 0.6 is 0 Å². The fraction of sp³-hybridized carbons (Fsp3) is 0.200. The molecule has 2 atom stereocenters. The second-order valence-corrected chi connectivity index (χ2v) is 9.20. The van der Waals surface area contributed by atoms with E-state index in [0.29, 0.717) is 46.4 Å². The van der Waals surface area contributed by atoms with Crippen molar-refractivity contribution in [2.45, 2.75) is 31.9 Å². The number of ether oxygens (including phenoxy) is 2.